The van der Waals surface area contributed by atoms with Crippen LogP contribution < -0.4 is 4.74 Å². The quantitative estimate of drug-likeness (QED) is 0.396. The van der Waals surface area contributed by atoms with Gasteiger partial charge in [-0.3, -0.25) is 9.78 Å². The zero-order valence-electron chi connectivity index (χ0n) is 19.7. The third-order valence-electron chi connectivity index (χ3n) is 6.09. The number of furan rings is 1. The maximum Gasteiger partial charge on any atom is 0.253 e. The molecule has 0 radical (unpaired) electrons. The summed E-state index contributed by atoms with van der Waals surface area (Å²) < 4.78 is 17.7. The Bertz CT molecular complexity index is 1430. The first kappa shape index (κ1) is 22.6. The van der Waals surface area contributed by atoms with Crippen molar-refractivity contribution in [2.24, 2.45) is 0 Å². The molecule has 1 fully saturated rings. The second-order valence-electron chi connectivity index (χ2n) is 8.72. The van der Waals surface area contributed by atoms with Gasteiger partial charge in [0.15, 0.2) is 5.58 Å². The smallest absolute Gasteiger partial charge is 0.253 e. The number of nitriles is 1. The van der Waals surface area contributed by atoms with E-state index >= 15 is 0 Å². The molecule has 0 bridgehead atoms. The average Bonchev–Trinajstić information content (AvgIpc) is 3.34. The van der Waals surface area contributed by atoms with Gasteiger partial charge in [-0.15, -0.1) is 0 Å². The van der Waals surface area contributed by atoms with Gasteiger partial charge in [-0.05, 0) is 35.9 Å². The summed E-state index contributed by atoms with van der Waals surface area (Å²) >= 11 is 0. The number of nitrogens with zero attached hydrogens (tertiary/aromatic N) is 3. The Balaban J connectivity index is 1.50. The molecule has 0 unspecified atom stereocenters. The van der Waals surface area contributed by atoms with E-state index in [1.54, 1.807) is 31.3 Å². The van der Waals surface area contributed by atoms with Crippen LogP contribution in [0.5, 0.6) is 5.75 Å². The van der Waals surface area contributed by atoms with E-state index in [-0.39, 0.29) is 12.0 Å². The van der Waals surface area contributed by atoms with Crippen LogP contribution in [0, 0.1) is 11.3 Å². The first-order valence-corrected chi connectivity index (χ1v) is 11.5. The van der Waals surface area contributed by atoms with Crippen LogP contribution in [0.1, 0.15) is 28.8 Å². The lowest BCUT2D eigenvalue weighted by Crippen LogP contribution is -2.26. The zero-order valence-corrected chi connectivity index (χ0v) is 19.7. The molecule has 7 heteroatoms. The molecule has 0 spiro atoms. The Hall–Kier alpha value is -4.15. The largest absolute Gasteiger partial charge is 0.489 e. The molecule has 35 heavy (non-hydrogen) atoms. The van der Waals surface area contributed by atoms with Crippen LogP contribution in [-0.4, -0.2) is 49.2 Å². The van der Waals surface area contributed by atoms with Gasteiger partial charge in [0, 0.05) is 55.9 Å². The standard InChI is InChI=1S/C28H25N3O4/c1-31(2)28(32)20-5-3-4-19(15-20)26-16-24-27(35-26)23(8-11-30-24)18-6-7-25(21(14-18)17-29)34-22-9-12-33-13-10-22/h3-8,11,14-16,22H,9-10,12-13H2,1-2H3. The minimum absolute atomic E-state index is 0.0529. The SMILES string of the molecule is CN(C)C(=O)c1cccc(-c2cc3nccc(-c4ccc(OC5CCOCC5)c(C#N)c4)c3o2)c1. The zero-order chi connectivity index (χ0) is 24.4. The summed E-state index contributed by atoms with van der Waals surface area (Å²) in [5.74, 6) is 1.12. The maximum atomic E-state index is 12.4. The molecular weight excluding hydrogens is 442 g/mol. The highest BCUT2D eigenvalue weighted by Crippen LogP contribution is 2.35. The van der Waals surface area contributed by atoms with Crippen molar-refractivity contribution in [1.29, 1.82) is 5.26 Å². The molecule has 1 saturated heterocycles. The van der Waals surface area contributed by atoms with E-state index in [4.69, 9.17) is 13.9 Å². The summed E-state index contributed by atoms with van der Waals surface area (Å²) in [6.45, 7) is 1.35. The number of rotatable bonds is 5. The van der Waals surface area contributed by atoms with Gasteiger partial charge in [0.1, 0.15) is 29.2 Å². The van der Waals surface area contributed by atoms with Crippen molar-refractivity contribution in [3.05, 3.63) is 71.9 Å². The Morgan fingerprint density at radius 3 is 2.69 bits per heavy atom. The van der Waals surface area contributed by atoms with Crippen molar-refractivity contribution in [1.82, 2.24) is 9.88 Å². The van der Waals surface area contributed by atoms with E-state index in [0.29, 0.717) is 47.0 Å². The molecular formula is C28H25N3O4. The lowest BCUT2D eigenvalue weighted by atomic mass is 10.0. The number of hydrogen-bond donors (Lipinski definition) is 0. The van der Waals surface area contributed by atoms with E-state index in [1.165, 1.54) is 0 Å². The predicted octanol–water partition coefficient (Wildman–Crippen LogP) is 5.29. The normalized spacial score (nSPS) is 14.0. The van der Waals surface area contributed by atoms with E-state index in [1.807, 2.05) is 48.5 Å². The highest BCUT2D eigenvalue weighted by molar-refractivity contribution is 5.96. The number of amides is 1. The number of carbonyl (C=O) groups is 1. The number of aromatic nitrogens is 1. The molecule has 3 heterocycles. The third-order valence-corrected chi connectivity index (χ3v) is 6.09. The van der Waals surface area contributed by atoms with Crippen LogP contribution in [0.4, 0.5) is 0 Å². The number of pyridine rings is 1. The Kier molecular flexibility index (Phi) is 6.21. The van der Waals surface area contributed by atoms with Crippen LogP contribution in [0.3, 0.4) is 0 Å². The number of hydrogen-bond acceptors (Lipinski definition) is 6. The van der Waals surface area contributed by atoms with Gasteiger partial charge < -0.3 is 18.8 Å². The molecule has 2 aromatic heterocycles. The summed E-state index contributed by atoms with van der Waals surface area (Å²) in [7, 11) is 3.45. The van der Waals surface area contributed by atoms with Crippen molar-refractivity contribution in [3.8, 4) is 34.3 Å². The molecule has 4 aromatic rings. The van der Waals surface area contributed by atoms with Crippen LogP contribution in [0.25, 0.3) is 33.6 Å². The highest BCUT2D eigenvalue weighted by atomic mass is 16.5. The Labute approximate surface area is 203 Å². The molecule has 5 rings (SSSR count). The van der Waals surface area contributed by atoms with Crippen LogP contribution >= 0.6 is 0 Å². The first-order chi connectivity index (χ1) is 17.0. The van der Waals surface area contributed by atoms with Crippen molar-refractivity contribution in [3.63, 3.8) is 0 Å². The van der Waals surface area contributed by atoms with Gasteiger partial charge in [0.25, 0.3) is 5.91 Å². The van der Waals surface area contributed by atoms with Crippen molar-refractivity contribution < 1.29 is 18.7 Å². The summed E-state index contributed by atoms with van der Waals surface area (Å²) in [6.07, 6.45) is 3.40. The minimum Gasteiger partial charge on any atom is -0.489 e. The molecule has 1 aliphatic heterocycles. The Morgan fingerprint density at radius 1 is 1.09 bits per heavy atom. The third kappa shape index (κ3) is 4.61. The van der Waals surface area contributed by atoms with Gasteiger partial charge in [-0.1, -0.05) is 18.2 Å². The first-order valence-electron chi connectivity index (χ1n) is 11.5. The second kappa shape index (κ2) is 9.61. The molecule has 0 aliphatic carbocycles. The van der Waals surface area contributed by atoms with Crippen LogP contribution in [0.2, 0.25) is 0 Å². The average molecular weight is 468 g/mol. The topological polar surface area (TPSA) is 88.6 Å². The predicted molar refractivity (Wildman–Crippen MR) is 132 cm³/mol. The van der Waals surface area contributed by atoms with Crippen molar-refractivity contribution in [2.75, 3.05) is 27.3 Å². The molecule has 1 aliphatic rings. The molecule has 176 valence electrons. The number of carbonyl (C=O) groups excluding carboxylic acids is 1. The molecule has 0 atom stereocenters. The van der Waals surface area contributed by atoms with Gasteiger partial charge >= 0.3 is 0 Å². The summed E-state index contributed by atoms with van der Waals surface area (Å²) in [5.41, 5.74) is 4.83. The van der Waals surface area contributed by atoms with E-state index in [9.17, 15) is 10.1 Å². The number of fused-ring (bicyclic) bond motifs is 1. The van der Waals surface area contributed by atoms with E-state index in [0.717, 1.165) is 29.5 Å². The summed E-state index contributed by atoms with van der Waals surface area (Å²) in [4.78, 5) is 18.4. The summed E-state index contributed by atoms with van der Waals surface area (Å²) in [5, 5.41) is 9.77. The fourth-order valence-corrected chi connectivity index (χ4v) is 4.23. The van der Waals surface area contributed by atoms with Crippen molar-refractivity contribution >= 4 is 17.0 Å². The van der Waals surface area contributed by atoms with Gasteiger partial charge in [0.2, 0.25) is 0 Å². The van der Waals surface area contributed by atoms with Crippen LogP contribution in [0.15, 0.2) is 65.2 Å². The molecule has 1 amide bonds. The number of benzene rings is 2. The number of ether oxygens (including phenoxy) is 2. The lowest BCUT2D eigenvalue weighted by Gasteiger charge is -2.23. The fourth-order valence-electron chi connectivity index (χ4n) is 4.23. The van der Waals surface area contributed by atoms with Crippen LogP contribution in [-0.2, 0) is 4.74 Å². The molecule has 0 saturated carbocycles. The second-order valence-corrected chi connectivity index (χ2v) is 8.72. The summed E-state index contributed by atoms with van der Waals surface area (Å²) in [6, 6.07) is 18.9. The van der Waals surface area contributed by atoms with Gasteiger partial charge in [-0.2, -0.15) is 5.26 Å². The Morgan fingerprint density at radius 2 is 1.91 bits per heavy atom. The van der Waals surface area contributed by atoms with E-state index in [2.05, 4.69) is 11.1 Å². The molecule has 0 N–H and O–H groups in total. The van der Waals surface area contributed by atoms with Gasteiger partial charge in [0.05, 0.1) is 18.8 Å². The molecule has 2 aromatic carbocycles. The maximum absolute atomic E-state index is 12.4. The van der Waals surface area contributed by atoms with Crippen molar-refractivity contribution in [2.45, 2.75) is 18.9 Å². The van der Waals surface area contributed by atoms with Gasteiger partial charge in [-0.25, -0.2) is 0 Å². The monoisotopic (exact) mass is 467 g/mol. The highest BCUT2D eigenvalue weighted by Gasteiger charge is 2.19. The molecule has 7 nitrogen and oxygen atoms in total. The fraction of sp³-hybridized carbons (Fsp3) is 0.250. The lowest BCUT2D eigenvalue weighted by molar-refractivity contribution is 0.0254. The minimum atomic E-state index is -0.0751. The van der Waals surface area contributed by atoms with E-state index < -0.39 is 0 Å².